The largest absolute Gasteiger partial charge is 0.243 e. The number of hydrogen-bond acceptors (Lipinski definition) is 3. The second-order valence-electron chi connectivity index (χ2n) is 4.40. The van der Waals surface area contributed by atoms with Crippen LogP contribution in [0.1, 0.15) is 17.4 Å². The highest BCUT2D eigenvalue weighted by atomic mass is 35.5. The van der Waals surface area contributed by atoms with Crippen molar-refractivity contribution >= 4 is 33.0 Å². The van der Waals surface area contributed by atoms with Gasteiger partial charge in [0, 0.05) is 23.5 Å². The van der Waals surface area contributed by atoms with Crippen molar-refractivity contribution in [2.24, 2.45) is 0 Å². The summed E-state index contributed by atoms with van der Waals surface area (Å²) in [4.78, 5) is 1.03. The van der Waals surface area contributed by atoms with Crippen LogP contribution in [0.4, 0.5) is 4.39 Å². The third kappa shape index (κ3) is 3.63. The van der Waals surface area contributed by atoms with Crippen molar-refractivity contribution in [2.45, 2.75) is 24.2 Å². The zero-order chi connectivity index (χ0) is 15.5. The minimum absolute atomic E-state index is 0.0633. The fourth-order valence-corrected chi connectivity index (χ4v) is 4.39. The van der Waals surface area contributed by atoms with E-state index < -0.39 is 15.8 Å². The Labute approximate surface area is 133 Å². The van der Waals surface area contributed by atoms with Gasteiger partial charge in [-0.1, -0.05) is 13.0 Å². The highest BCUT2D eigenvalue weighted by Crippen LogP contribution is 2.23. The van der Waals surface area contributed by atoms with Gasteiger partial charge in [0.15, 0.2) is 0 Å². The Kier molecular flexibility index (Phi) is 5.37. The summed E-state index contributed by atoms with van der Waals surface area (Å²) < 4.78 is 40.1. The summed E-state index contributed by atoms with van der Waals surface area (Å²) in [6.45, 7) is 2.43. The minimum atomic E-state index is -3.66. The van der Waals surface area contributed by atoms with E-state index in [9.17, 15) is 12.8 Å². The number of thiophene rings is 1. The SMILES string of the molecule is CCN(Cc1cccs1)S(=O)(=O)c1ccc(F)c(CCl)c1. The molecule has 0 bridgehead atoms. The van der Waals surface area contributed by atoms with E-state index >= 15 is 0 Å². The Bertz CT molecular complexity index is 702. The van der Waals surface area contributed by atoms with Gasteiger partial charge >= 0.3 is 0 Å². The van der Waals surface area contributed by atoms with Crippen LogP contribution < -0.4 is 0 Å². The molecule has 114 valence electrons. The molecule has 2 aromatic rings. The van der Waals surface area contributed by atoms with Crippen molar-refractivity contribution in [1.29, 1.82) is 0 Å². The highest BCUT2D eigenvalue weighted by molar-refractivity contribution is 7.89. The summed E-state index contributed by atoms with van der Waals surface area (Å²) >= 11 is 7.14. The topological polar surface area (TPSA) is 37.4 Å². The van der Waals surface area contributed by atoms with Gasteiger partial charge in [0.25, 0.3) is 0 Å². The van der Waals surface area contributed by atoms with Gasteiger partial charge in [0.2, 0.25) is 10.0 Å². The van der Waals surface area contributed by atoms with Crippen molar-refractivity contribution in [3.8, 4) is 0 Å². The van der Waals surface area contributed by atoms with Gasteiger partial charge in [-0.05, 0) is 29.6 Å². The molecule has 0 aliphatic rings. The first-order chi connectivity index (χ1) is 9.98. The molecule has 0 aliphatic carbocycles. The van der Waals surface area contributed by atoms with Gasteiger partial charge in [-0.25, -0.2) is 12.8 Å². The molecule has 0 aliphatic heterocycles. The lowest BCUT2D eigenvalue weighted by molar-refractivity contribution is 0.426. The zero-order valence-electron chi connectivity index (χ0n) is 11.4. The molecule has 1 aromatic heterocycles. The standard InChI is InChI=1S/C14H15ClFNO2S2/c1-2-17(10-12-4-3-7-20-12)21(18,19)13-5-6-14(16)11(8-13)9-15/h3-8H,2,9-10H2,1H3. The van der Waals surface area contributed by atoms with Crippen LogP contribution in [0.2, 0.25) is 0 Å². The van der Waals surface area contributed by atoms with Crippen LogP contribution >= 0.6 is 22.9 Å². The molecule has 1 heterocycles. The molecule has 0 fully saturated rings. The highest BCUT2D eigenvalue weighted by Gasteiger charge is 2.24. The van der Waals surface area contributed by atoms with Crippen molar-refractivity contribution in [3.63, 3.8) is 0 Å². The summed E-state index contributed by atoms with van der Waals surface area (Å²) in [7, 11) is -3.66. The predicted molar refractivity (Wildman–Crippen MR) is 83.5 cm³/mol. The number of alkyl halides is 1. The molecule has 0 amide bonds. The van der Waals surface area contributed by atoms with Gasteiger partial charge in [-0.15, -0.1) is 22.9 Å². The lowest BCUT2D eigenvalue weighted by atomic mass is 10.2. The van der Waals surface area contributed by atoms with Gasteiger partial charge < -0.3 is 0 Å². The Balaban J connectivity index is 2.35. The molecule has 0 saturated heterocycles. The maximum Gasteiger partial charge on any atom is 0.243 e. The normalized spacial score (nSPS) is 12.0. The maximum atomic E-state index is 13.5. The number of benzene rings is 1. The van der Waals surface area contributed by atoms with Crippen LogP contribution in [0.5, 0.6) is 0 Å². The molecule has 0 spiro atoms. The van der Waals surface area contributed by atoms with E-state index in [1.807, 2.05) is 17.5 Å². The van der Waals surface area contributed by atoms with E-state index in [0.29, 0.717) is 13.1 Å². The average Bonchev–Trinajstić information content (AvgIpc) is 2.97. The van der Waals surface area contributed by atoms with E-state index in [1.165, 1.54) is 27.8 Å². The Morgan fingerprint density at radius 2 is 2.10 bits per heavy atom. The van der Waals surface area contributed by atoms with Crippen molar-refractivity contribution in [2.75, 3.05) is 6.54 Å². The average molecular weight is 348 g/mol. The van der Waals surface area contributed by atoms with E-state index in [-0.39, 0.29) is 16.3 Å². The monoisotopic (exact) mass is 347 g/mol. The lowest BCUT2D eigenvalue weighted by Gasteiger charge is -2.20. The van der Waals surface area contributed by atoms with E-state index in [0.717, 1.165) is 10.9 Å². The van der Waals surface area contributed by atoms with Gasteiger partial charge in [0.05, 0.1) is 10.8 Å². The fraction of sp³-hybridized carbons (Fsp3) is 0.286. The molecule has 0 saturated carbocycles. The Morgan fingerprint density at radius 3 is 2.67 bits per heavy atom. The molecule has 0 N–H and O–H groups in total. The fourth-order valence-electron chi connectivity index (χ4n) is 1.91. The number of rotatable bonds is 6. The number of nitrogens with zero attached hydrogens (tertiary/aromatic N) is 1. The minimum Gasteiger partial charge on any atom is -0.207 e. The van der Waals surface area contributed by atoms with Crippen LogP contribution in [-0.2, 0) is 22.4 Å². The smallest absolute Gasteiger partial charge is 0.207 e. The van der Waals surface area contributed by atoms with Gasteiger partial charge in [-0.3, -0.25) is 0 Å². The Morgan fingerprint density at radius 1 is 1.33 bits per heavy atom. The third-order valence-corrected chi connectivity index (χ3v) is 6.13. The van der Waals surface area contributed by atoms with E-state index in [4.69, 9.17) is 11.6 Å². The first kappa shape index (κ1) is 16.4. The third-order valence-electron chi connectivity index (χ3n) is 3.06. The molecular weight excluding hydrogens is 333 g/mol. The van der Waals surface area contributed by atoms with Crippen LogP contribution in [0, 0.1) is 5.82 Å². The van der Waals surface area contributed by atoms with E-state index in [1.54, 1.807) is 6.92 Å². The van der Waals surface area contributed by atoms with Crippen LogP contribution in [0.15, 0.2) is 40.6 Å². The predicted octanol–water partition coefficient (Wildman–Crippen LogP) is 3.84. The van der Waals surface area contributed by atoms with Crippen molar-refractivity contribution in [3.05, 3.63) is 52.0 Å². The molecular formula is C14H15ClFNO2S2. The second kappa shape index (κ2) is 6.87. The van der Waals surface area contributed by atoms with Crippen LogP contribution in [-0.4, -0.2) is 19.3 Å². The summed E-state index contributed by atoms with van der Waals surface area (Å²) in [6, 6.07) is 7.48. The number of halogens is 2. The van der Waals surface area contributed by atoms with Crippen LogP contribution in [0.25, 0.3) is 0 Å². The Hall–Kier alpha value is -0.950. The molecule has 0 radical (unpaired) electrons. The lowest BCUT2D eigenvalue weighted by Crippen LogP contribution is -2.30. The molecule has 1 aromatic carbocycles. The number of hydrogen-bond donors (Lipinski definition) is 0. The first-order valence-corrected chi connectivity index (χ1v) is 9.21. The van der Waals surface area contributed by atoms with Crippen molar-refractivity contribution < 1.29 is 12.8 Å². The number of sulfonamides is 1. The van der Waals surface area contributed by atoms with Gasteiger partial charge in [0.1, 0.15) is 5.82 Å². The van der Waals surface area contributed by atoms with Crippen molar-refractivity contribution in [1.82, 2.24) is 4.31 Å². The quantitative estimate of drug-likeness (QED) is 0.744. The molecule has 7 heteroatoms. The first-order valence-electron chi connectivity index (χ1n) is 6.36. The summed E-state index contributed by atoms with van der Waals surface area (Å²) in [5.41, 5.74) is 0.185. The molecule has 0 unspecified atom stereocenters. The summed E-state index contributed by atoms with van der Waals surface area (Å²) in [5, 5.41) is 1.90. The van der Waals surface area contributed by atoms with Gasteiger partial charge in [-0.2, -0.15) is 4.31 Å². The van der Waals surface area contributed by atoms with E-state index in [2.05, 4.69) is 0 Å². The second-order valence-corrected chi connectivity index (χ2v) is 7.63. The van der Waals surface area contributed by atoms with Crippen LogP contribution in [0.3, 0.4) is 0 Å². The molecule has 2 rings (SSSR count). The molecule has 3 nitrogen and oxygen atoms in total. The zero-order valence-corrected chi connectivity index (χ0v) is 13.8. The maximum absolute atomic E-state index is 13.5. The molecule has 0 atom stereocenters. The summed E-state index contributed by atoms with van der Waals surface area (Å²) in [6.07, 6.45) is 0. The molecule has 21 heavy (non-hydrogen) atoms. The summed E-state index contributed by atoms with van der Waals surface area (Å²) in [5.74, 6) is -0.558.